The van der Waals surface area contributed by atoms with Crippen LogP contribution in [0.4, 0.5) is 0 Å². The average molecular weight is 303 g/mol. The molecule has 116 valence electrons. The Hall–Kier alpha value is -0.660. The molecular formula is C13H25N3O3S. The van der Waals surface area contributed by atoms with Crippen molar-refractivity contribution >= 4 is 15.9 Å². The molecule has 0 spiro atoms. The van der Waals surface area contributed by atoms with Crippen molar-refractivity contribution in [1.82, 2.24) is 9.21 Å². The molecule has 2 aliphatic rings. The van der Waals surface area contributed by atoms with E-state index < -0.39 is 10.0 Å². The van der Waals surface area contributed by atoms with Crippen LogP contribution in [0.3, 0.4) is 0 Å². The summed E-state index contributed by atoms with van der Waals surface area (Å²) in [6, 6.07) is -0.0237. The number of amides is 1. The zero-order valence-electron chi connectivity index (χ0n) is 12.1. The quantitative estimate of drug-likeness (QED) is 0.748. The second-order valence-electron chi connectivity index (χ2n) is 5.80. The zero-order valence-corrected chi connectivity index (χ0v) is 12.9. The highest BCUT2D eigenvalue weighted by atomic mass is 32.2. The first kappa shape index (κ1) is 15.7. The average Bonchev–Trinajstić information content (AvgIpc) is 3.23. The summed E-state index contributed by atoms with van der Waals surface area (Å²) in [6.07, 6.45) is 3.29. The van der Waals surface area contributed by atoms with E-state index in [9.17, 15) is 13.2 Å². The van der Waals surface area contributed by atoms with Crippen molar-refractivity contribution in [2.45, 2.75) is 38.6 Å². The zero-order chi connectivity index (χ0) is 14.8. The number of nitrogens with two attached hydrogens (primary N) is 1. The minimum absolute atomic E-state index is 0.0237. The lowest BCUT2D eigenvalue weighted by Crippen LogP contribution is -2.51. The van der Waals surface area contributed by atoms with Gasteiger partial charge in [-0.05, 0) is 25.2 Å². The van der Waals surface area contributed by atoms with Gasteiger partial charge in [0.1, 0.15) is 0 Å². The van der Waals surface area contributed by atoms with E-state index in [2.05, 4.69) is 0 Å². The molecule has 0 bridgehead atoms. The molecular weight excluding hydrogens is 278 g/mol. The van der Waals surface area contributed by atoms with E-state index in [1.807, 2.05) is 6.92 Å². The fourth-order valence-corrected chi connectivity index (χ4v) is 4.12. The highest BCUT2D eigenvalue weighted by Gasteiger charge is 2.33. The highest BCUT2D eigenvalue weighted by Crippen LogP contribution is 2.33. The lowest BCUT2D eigenvalue weighted by Gasteiger charge is -2.34. The number of carbonyl (C=O) groups is 1. The molecule has 0 aromatic heterocycles. The van der Waals surface area contributed by atoms with Crippen LogP contribution in [0.15, 0.2) is 0 Å². The molecule has 7 heteroatoms. The van der Waals surface area contributed by atoms with Crippen molar-refractivity contribution in [3.05, 3.63) is 0 Å². The Morgan fingerprint density at radius 2 is 1.85 bits per heavy atom. The van der Waals surface area contributed by atoms with Gasteiger partial charge in [-0.1, -0.05) is 6.92 Å². The molecule has 2 N–H and O–H groups in total. The van der Waals surface area contributed by atoms with Gasteiger partial charge in [0.2, 0.25) is 15.9 Å². The van der Waals surface area contributed by atoms with Gasteiger partial charge < -0.3 is 10.6 Å². The third-order valence-electron chi connectivity index (χ3n) is 4.08. The number of sulfonamides is 1. The summed E-state index contributed by atoms with van der Waals surface area (Å²) in [5, 5.41) is 0. The molecule has 20 heavy (non-hydrogen) atoms. The van der Waals surface area contributed by atoms with Gasteiger partial charge in [-0.2, -0.15) is 4.31 Å². The van der Waals surface area contributed by atoms with Crippen LogP contribution in [0.5, 0.6) is 0 Å². The fourth-order valence-electron chi connectivity index (χ4n) is 2.62. The van der Waals surface area contributed by atoms with E-state index in [0.717, 1.165) is 12.8 Å². The van der Waals surface area contributed by atoms with Crippen LogP contribution < -0.4 is 5.73 Å². The summed E-state index contributed by atoms with van der Waals surface area (Å²) in [7, 11) is -3.14. The Morgan fingerprint density at radius 3 is 2.35 bits per heavy atom. The third kappa shape index (κ3) is 3.93. The molecule has 2 fully saturated rings. The lowest BCUT2D eigenvalue weighted by atomic mass is 10.1. The summed E-state index contributed by atoms with van der Waals surface area (Å²) in [6.45, 7) is 3.65. The molecule has 2 rings (SSSR count). The first-order valence-electron chi connectivity index (χ1n) is 7.45. The maximum atomic E-state index is 12.1. The maximum Gasteiger partial charge on any atom is 0.224 e. The molecule has 6 nitrogen and oxygen atoms in total. The van der Waals surface area contributed by atoms with E-state index in [1.54, 1.807) is 4.90 Å². The smallest absolute Gasteiger partial charge is 0.224 e. The van der Waals surface area contributed by atoms with Gasteiger partial charge in [-0.15, -0.1) is 0 Å². The van der Waals surface area contributed by atoms with Crippen molar-refractivity contribution in [2.75, 3.05) is 31.9 Å². The molecule has 1 aliphatic carbocycles. The first-order valence-corrected chi connectivity index (χ1v) is 9.06. The third-order valence-corrected chi connectivity index (χ3v) is 6.16. The predicted molar refractivity (Wildman–Crippen MR) is 77.5 cm³/mol. The number of hydrogen-bond donors (Lipinski definition) is 1. The van der Waals surface area contributed by atoms with E-state index >= 15 is 0 Å². The summed E-state index contributed by atoms with van der Waals surface area (Å²) in [5.41, 5.74) is 5.97. The van der Waals surface area contributed by atoms with Crippen molar-refractivity contribution in [2.24, 2.45) is 11.7 Å². The molecule has 0 aromatic carbocycles. The van der Waals surface area contributed by atoms with Crippen molar-refractivity contribution in [3.63, 3.8) is 0 Å². The minimum Gasteiger partial charge on any atom is -0.340 e. The largest absolute Gasteiger partial charge is 0.340 e. The summed E-state index contributed by atoms with van der Waals surface area (Å²) in [4.78, 5) is 13.9. The van der Waals surface area contributed by atoms with Crippen LogP contribution in [0.25, 0.3) is 0 Å². The number of piperazine rings is 1. The maximum absolute atomic E-state index is 12.1. The predicted octanol–water partition coefficient (Wildman–Crippen LogP) is -0.00220. The summed E-state index contributed by atoms with van der Waals surface area (Å²) in [5.74, 6) is 0.773. The Kier molecular flexibility index (Phi) is 5.04. The Labute approximate surface area is 121 Å². The Bertz CT molecular complexity index is 440. The second-order valence-corrected chi connectivity index (χ2v) is 7.89. The standard InChI is InChI=1S/C13H25N3O3S/c1-2-9-20(18,19)16-7-5-15(6-8-16)13(17)10-12(14)11-3-4-11/h11-12H,2-10,14H2,1H3. The van der Waals surface area contributed by atoms with E-state index in [-0.39, 0.29) is 17.7 Å². The summed E-state index contributed by atoms with van der Waals surface area (Å²) < 4.78 is 25.4. The summed E-state index contributed by atoms with van der Waals surface area (Å²) >= 11 is 0. The van der Waals surface area contributed by atoms with Crippen molar-refractivity contribution in [3.8, 4) is 0 Å². The van der Waals surface area contributed by atoms with Gasteiger partial charge in [-0.3, -0.25) is 4.79 Å². The molecule has 1 amide bonds. The molecule has 0 aromatic rings. The Balaban J connectivity index is 1.80. The SMILES string of the molecule is CCCS(=O)(=O)N1CCN(C(=O)CC(N)C2CC2)CC1. The van der Waals surface area contributed by atoms with Gasteiger partial charge in [0.25, 0.3) is 0 Å². The van der Waals surface area contributed by atoms with E-state index in [4.69, 9.17) is 5.73 Å². The van der Waals surface area contributed by atoms with Crippen molar-refractivity contribution < 1.29 is 13.2 Å². The van der Waals surface area contributed by atoms with Gasteiger partial charge in [0, 0.05) is 38.6 Å². The minimum atomic E-state index is -3.14. The first-order chi connectivity index (χ1) is 9.44. The molecule has 0 radical (unpaired) electrons. The van der Waals surface area contributed by atoms with Gasteiger partial charge >= 0.3 is 0 Å². The molecule has 1 aliphatic heterocycles. The molecule has 1 saturated heterocycles. The molecule has 1 saturated carbocycles. The van der Waals surface area contributed by atoms with Crippen LogP contribution in [0.1, 0.15) is 32.6 Å². The number of nitrogens with zero attached hydrogens (tertiary/aromatic N) is 2. The highest BCUT2D eigenvalue weighted by molar-refractivity contribution is 7.89. The second kappa shape index (κ2) is 6.41. The van der Waals surface area contributed by atoms with E-state index in [0.29, 0.717) is 44.9 Å². The van der Waals surface area contributed by atoms with Crippen LogP contribution in [-0.2, 0) is 14.8 Å². The molecule has 1 atom stereocenters. The van der Waals surface area contributed by atoms with Crippen LogP contribution >= 0.6 is 0 Å². The molecule has 1 heterocycles. The fraction of sp³-hybridized carbons (Fsp3) is 0.923. The topological polar surface area (TPSA) is 83.7 Å². The lowest BCUT2D eigenvalue weighted by molar-refractivity contribution is -0.132. The number of hydrogen-bond acceptors (Lipinski definition) is 4. The monoisotopic (exact) mass is 303 g/mol. The van der Waals surface area contributed by atoms with Gasteiger partial charge in [0.05, 0.1) is 5.75 Å². The normalized spacial score (nSPS) is 22.8. The number of carbonyl (C=O) groups excluding carboxylic acids is 1. The van der Waals surface area contributed by atoms with Crippen molar-refractivity contribution in [1.29, 1.82) is 0 Å². The van der Waals surface area contributed by atoms with E-state index in [1.165, 1.54) is 4.31 Å². The van der Waals surface area contributed by atoms with Crippen LogP contribution in [-0.4, -0.2) is 61.5 Å². The van der Waals surface area contributed by atoms with Gasteiger partial charge in [-0.25, -0.2) is 8.42 Å². The molecule has 1 unspecified atom stereocenters. The van der Waals surface area contributed by atoms with Gasteiger partial charge in [0.15, 0.2) is 0 Å². The number of rotatable bonds is 6. The van der Waals surface area contributed by atoms with Crippen LogP contribution in [0, 0.1) is 5.92 Å². The Morgan fingerprint density at radius 1 is 1.25 bits per heavy atom. The van der Waals surface area contributed by atoms with Crippen LogP contribution in [0.2, 0.25) is 0 Å².